The smallest absolute Gasteiger partial charge is 0.256 e. The monoisotopic (exact) mass is 489 g/mol. The first-order chi connectivity index (χ1) is 17.0. The predicted molar refractivity (Wildman–Crippen MR) is 138 cm³/mol. The normalized spacial score (nSPS) is 12.4. The summed E-state index contributed by atoms with van der Waals surface area (Å²) >= 11 is 6.10. The Morgan fingerprint density at radius 1 is 1.00 bits per heavy atom. The number of amides is 1. The molecule has 8 heteroatoms. The van der Waals surface area contributed by atoms with E-state index in [9.17, 15) is 9.59 Å². The number of aryl methyl sites for hydroxylation is 1. The zero-order valence-corrected chi connectivity index (χ0v) is 19.9. The number of aromatic nitrogens is 1. The van der Waals surface area contributed by atoms with Gasteiger partial charge < -0.3 is 20.1 Å². The predicted octanol–water partition coefficient (Wildman–Crippen LogP) is 4.99. The fourth-order valence-electron chi connectivity index (χ4n) is 4.07. The molecule has 0 bridgehead atoms. The maximum absolute atomic E-state index is 13.5. The van der Waals surface area contributed by atoms with Gasteiger partial charge in [-0.1, -0.05) is 35.9 Å². The van der Waals surface area contributed by atoms with Crippen LogP contribution in [0.2, 0.25) is 5.02 Å². The van der Waals surface area contributed by atoms with E-state index in [1.165, 1.54) is 4.57 Å². The van der Waals surface area contributed by atoms with Gasteiger partial charge in [0.25, 0.3) is 5.56 Å². The molecular formula is C27H24ClN3O4. The van der Waals surface area contributed by atoms with E-state index < -0.39 is 0 Å². The van der Waals surface area contributed by atoms with Gasteiger partial charge in [0.15, 0.2) is 11.5 Å². The van der Waals surface area contributed by atoms with Crippen LogP contribution in [0.4, 0.5) is 11.4 Å². The molecule has 3 aromatic carbocycles. The number of carbonyl (C=O) groups excluding carboxylic acids is 1. The lowest BCUT2D eigenvalue weighted by Crippen LogP contribution is -2.31. The summed E-state index contributed by atoms with van der Waals surface area (Å²) in [5.41, 5.74) is 3.26. The first kappa shape index (κ1) is 22.8. The van der Waals surface area contributed by atoms with Crippen molar-refractivity contribution < 1.29 is 14.3 Å². The summed E-state index contributed by atoms with van der Waals surface area (Å²) in [6.07, 6.45) is 0. The Labute approximate surface area is 207 Å². The molecule has 0 radical (unpaired) electrons. The molecule has 1 aromatic heterocycles. The summed E-state index contributed by atoms with van der Waals surface area (Å²) in [4.78, 5) is 26.6. The van der Waals surface area contributed by atoms with Crippen LogP contribution in [0.15, 0.2) is 71.5 Å². The lowest BCUT2D eigenvalue weighted by molar-refractivity contribution is -0.116. The summed E-state index contributed by atoms with van der Waals surface area (Å²) in [5, 5.41) is 7.46. The average Bonchev–Trinajstić information content (AvgIpc) is 2.86. The molecule has 178 valence electrons. The Morgan fingerprint density at radius 2 is 1.74 bits per heavy atom. The number of fused-ring (bicyclic) bond motifs is 2. The van der Waals surface area contributed by atoms with Crippen LogP contribution >= 0.6 is 11.6 Å². The topological polar surface area (TPSA) is 81.6 Å². The number of carbonyl (C=O) groups is 1. The summed E-state index contributed by atoms with van der Waals surface area (Å²) in [6.45, 7) is 2.91. The van der Waals surface area contributed by atoms with Gasteiger partial charge in [-0.05, 0) is 48.9 Å². The first-order valence-corrected chi connectivity index (χ1v) is 11.7. The fourth-order valence-corrected chi connectivity index (χ4v) is 4.25. The van der Waals surface area contributed by atoms with Gasteiger partial charge >= 0.3 is 0 Å². The summed E-state index contributed by atoms with van der Waals surface area (Å²) < 4.78 is 12.9. The number of nitrogens with zero attached hydrogens (tertiary/aromatic N) is 1. The number of rotatable bonds is 6. The second kappa shape index (κ2) is 9.72. The standard InChI is InChI=1S/C27H24ClN3O4/c1-17-7-8-20(28)13-22(17)30-26(32)16-31-23-14-25-24(34-9-10-35-25)12-18(23)11-19(27(31)33)15-29-21-5-3-2-4-6-21/h2-8,11-14,29H,9-10,15-16H2,1H3,(H,30,32). The molecule has 0 aliphatic carbocycles. The molecule has 0 fully saturated rings. The quantitative estimate of drug-likeness (QED) is 0.399. The lowest BCUT2D eigenvalue weighted by atomic mass is 10.1. The van der Waals surface area contributed by atoms with Crippen LogP contribution in [0.25, 0.3) is 10.9 Å². The molecule has 1 amide bonds. The number of pyridine rings is 1. The number of halogens is 1. The SMILES string of the molecule is Cc1ccc(Cl)cc1NC(=O)Cn1c(=O)c(CNc2ccccc2)cc2cc3c(cc21)OCCO3. The molecule has 0 unspecified atom stereocenters. The van der Waals surface area contributed by atoms with Crippen LogP contribution in [-0.2, 0) is 17.9 Å². The van der Waals surface area contributed by atoms with E-state index in [-0.39, 0.29) is 18.0 Å². The minimum atomic E-state index is -0.332. The second-order valence-electron chi connectivity index (χ2n) is 8.34. The average molecular weight is 490 g/mol. The van der Waals surface area contributed by atoms with Crippen molar-refractivity contribution in [2.45, 2.75) is 20.0 Å². The Morgan fingerprint density at radius 3 is 2.51 bits per heavy atom. The maximum atomic E-state index is 13.5. The van der Waals surface area contributed by atoms with Crippen LogP contribution in [0.1, 0.15) is 11.1 Å². The van der Waals surface area contributed by atoms with Gasteiger partial charge in [-0.2, -0.15) is 0 Å². The Kier molecular flexibility index (Phi) is 6.33. The molecule has 2 N–H and O–H groups in total. The van der Waals surface area contributed by atoms with Crippen molar-refractivity contribution in [3.63, 3.8) is 0 Å². The third kappa shape index (κ3) is 4.95. The highest BCUT2D eigenvalue weighted by Gasteiger charge is 2.18. The molecule has 0 spiro atoms. The van der Waals surface area contributed by atoms with Gasteiger partial charge in [0, 0.05) is 40.0 Å². The zero-order chi connectivity index (χ0) is 24.4. The van der Waals surface area contributed by atoms with Crippen molar-refractivity contribution in [3.8, 4) is 11.5 Å². The lowest BCUT2D eigenvalue weighted by Gasteiger charge is -2.21. The van der Waals surface area contributed by atoms with Crippen molar-refractivity contribution >= 4 is 39.8 Å². The van der Waals surface area contributed by atoms with Gasteiger partial charge in [-0.3, -0.25) is 14.2 Å². The molecular weight excluding hydrogens is 466 g/mol. The van der Waals surface area contributed by atoms with Gasteiger partial charge in [0.05, 0.1) is 5.52 Å². The van der Waals surface area contributed by atoms with Crippen LogP contribution in [0.3, 0.4) is 0 Å². The highest BCUT2D eigenvalue weighted by molar-refractivity contribution is 6.31. The van der Waals surface area contributed by atoms with Gasteiger partial charge in [0.1, 0.15) is 19.8 Å². The minimum absolute atomic E-state index is 0.167. The summed E-state index contributed by atoms with van der Waals surface area (Å²) in [6, 6.07) is 20.4. The molecule has 0 saturated carbocycles. The molecule has 7 nitrogen and oxygen atoms in total. The third-order valence-electron chi connectivity index (χ3n) is 5.86. The van der Waals surface area contributed by atoms with E-state index in [4.69, 9.17) is 21.1 Å². The van der Waals surface area contributed by atoms with E-state index in [0.29, 0.717) is 53.0 Å². The number of ether oxygens (including phenoxy) is 2. The summed E-state index contributed by atoms with van der Waals surface area (Å²) in [5.74, 6) is 0.842. The Balaban J connectivity index is 1.52. The Hall–Kier alpha value is -3.97. The zero-order valence-electron chi connectivity index (χ0n) is 19.1. The number of para-hydroxylation sites is 1. The van der Waals surface area contributed by atoms with Gasteiger partial charge in [-0.15, -0.1) is 0 Å². The van der Waals surface area contributed by atoms with Crippen molar-refractivity contribution in [2.75, 3.05) is 23.8 Å². The molecule has 1 aliphatic heterocycles. The largest absolute Gasteiger partial charge is 0.486 e. The second-order valence-corrected chi connectivity index (χ2v) is 8.78. The maximum Gasteiger partial charge on any atom is 0.256 e. The molecule has 4 aromatic rings. The van der Waals surface area contributed by atoms with E-state index in [1.807, 2.05) is 55.5 Å². The number of nitrogens with one attached hydrogen (secondary N) is 2. The highest BCUT2D eigenvalue weighted by atomic mass is 35.5. The molecule has 1 aliphatic rings. The van der Waals surface area contributed by atoms with E-state index in [1.54, 1.807) is 18.2 Å². The van der Waals surface area contributed by atoms with Crippen molar-refractivity contribution in [2.24, 2.45) is 0 Å². The number of benzene rings is 3. The highest BCUT2D eigenvalue weighted by Crippen LogP contribution is 2.34. The van der Waals surface area contributed by atoms with E-state index in [2.05, 4.69) is 10.6 Å². The van der Waals surface area contributed by atoms with Gasteiger partial charge in [-0.25, -0.2) is 0 Å². The van der Waals surface area contributed by atoms with Crippen molar-refractivity contribution in [1.29, 1.82) is 0 Å². The molecule has 0 atom stereocenters. The van der Waals surface area contributed by atoms with Crippen LogP contribution < -0.4 is 25.7 Å². The van der Waals surface area contributed by atoms with Crippen LogP contribution in [0, 0.1) is 6.92 Å². The van der Waals surface area contributed by atoms with E-state index in [0.717, 1.165) is 16.6 Å². The summed E-state index contributed by atoms with van der Waals surface area (Å²) in [7, 11) is 0. The fraction of sp³-hybridized carbons (Fsp3) is 0.185. The Bertz CT molecular complexity index is 1470. The third-order valence-corrected chi connectivity index (χ3v) is 6.10. The van der Waals surface area contributed by atoms with Crippen LogP contribution in [-0.4, -0.2) is 23.7 Å². The van der Waals surface area contributed by atoms with Crippen LogP contribution in [0.5, 0.6) is 11.5 Å². The van der Waals surface area contributed by atoms with E-state index >= 15 is 0 Å². The van der Waals surface area contributed by atoms with Crippen molar-refractivity contribution in [1.82, 2.24) is 4.57 Å². The first-order valence-electron chi connectivity index (χ1n) is 11.3. The molecule has 35 heavy (non-hydrogen) atoms. The van der Waals surface area contributed by atoms with Gasteiger partial charge in [0.2, 0.25) is 5.91 Å². The molecule has 2 heterocycles. The molecule has 5 rings (SSSR count). The number of hydrogen-bond donors (Lipinski definition) is 2. The molecule has 0 saturated heterocycles. The minimum Gasteiger partial charge on any atom is -0.486 e. The number of anilines is 2. The van der Waals surface area contributed by atoms with Crippen molar-refractivity contribution in [3.05, 3.63) is 93.2 Å². The number of hydrogen-bond acceptors (Lipinski definition) is 5.